The maximum absolute atomic E-state index is 13.4. The van der Waals surface area contributed by atoms with Gasteiger partial charge in [-0.3, -0.25) is 0 Å². The van der Waals surface area contributed by atoms with Crippen LogP contribution in [0, 0.1) is 11.6 Å². The van der Waals surface area contributed by atoms with E-state index in [0.717, 1.165) is 6.07 Å². The number of aliphatic hydroxyl groups is 1. The molecule has 0 spiro atoms. The number of hydrogen-bond acceptors (Lipinski definition) is 1. The van der Waals surface area contributed by atoms with E-state index in [4.69, 9.17) is 0 Å². The number of rotatable bonds is 3. The molecule has 0 radical (unpaired) electrons. The third-order valence-corrected chi connectivity index (χ3v) is 2.42. The van der Waals surface area contributed by atoms with Gasteiger partial charge in [0.15, 0.2) is 0 Å². The largest absolute Gasteiger partial charge is 0.388 e. The van der Waals surface area contributed by atoms with Gasteiger partial charge in [0.05, 0.1) is 16.1 Å². The summed E-state index contributed by atoms with van der Waals surface area (Å²) in [6, 6.07) is 2.36. The van der Waals surface area contributed by atoms with Crippen molar-refractivity contribution in [2.75, 3.05) is 0 Å². The lowest BCUT2D eigenvalue weighted by Crippen LogP contribution is -2.03. The van der Waals surface area contributed by atoms with Crippen molar-refractivity contribution in [2.45, 2.75) is 12.5 Å². The molecule has 0 aliphatic heterocycles. The summed E-state index contributed by atoms with van der Waals surface area (Å²) in [5.41, 5.74) is -0.320. The van der Waals surface area contributed by atoms with Crippen molar-refractivity contribution < 1.29 is 13.9 Å². The molecule has 0 aliphatic rings. The van der Waals surface area contributed by atoms with Crippen molar-refractivity contribution in [3.05, 3.63) is 46.5 Å². The van der Waals surface area contributed by atoms with Gasteiger partial charge < -0.3 is 5.11 Å². The van der Waals surface area contributed by atoms with Crippen molar-refractivity contribution in [3.8, 4) is 0 Å². The smallest absolute Gasteiger partial charge is 0.146 e. The maximum atomic E-state index is 13.4. The summed E-state index contributed by atoms with van der Waals surface area (Å²) in [6.45, 7) is 3.39. The topological polar surface area (TPSA) is 20.2 Å². The zero-order valence-electron chi connectivity index (χ0n) is 7.30. The molecule has 1 atom stereocenters. The monoisotopic (exact) mass is 262 g/mol. The predicted molar refractivity (Wildman–Crippen MR) is 53.8 cm³/mol. The standard InChI is InChI=1S/C10H9BrF2O/c1-2-3-8(14)9-7(12)5-4-6(11)10(9)13/h2,4-5,8,14H,1,3H2. The highest BCUT2D eigenvalue weighted by Crippen LogP contribution is 2.28. The van der Waals surface area contributed by atoms with Crippen LogP contribution in [0.5, 0.6) is 0 Å². The van der Waals surface area contributed by atoms with E-state index in [1.165, 1.54) is 12.1 Å². The first-order valence-electron chi connectivity index (χ1n) is 4.00. The highest BCUT2D eigenvalue weighted by atomic mass is 79.9. The van der Waals surface area contributed by atoms with Gasteiger partial charge in [0, 0.05) is 0 Å². The number of hydrogen-bond donors (Lipinski definition) is 1. The molecular formula is C10H9BrF2O. The summed E-state index contributed by atoms with van der Waals surface area (Å²) < 4.78 is 26.6. The van der Waals surface area contributed by atoms with Crippen LogP contribution in [0.25, 0.3) is 0 Å². The van der Waals surface area contributed by atoms with E-state index in [9.17, 15) is 13.9 Å². The van der Waals surface area contributed by atoms with Crippen molar-refractivity contribution in [1.82, 2.24) is 0 Å². The molecule has 1 rings (SSSR count). The van der Waals surface area contributed by atoms with Crippen LogP contribution < -0.4 is 0 Å². The van der Waals surface area contributed by atoms with Crippen LogP contribution >= 0.6 is 15.9 Å². The first kappa shape index (κ1) is 11.3. The van der Waals surface area contributed by atoms with E-state index in [-0.39, 0.29) is 16.5 Å². The van der Waals surface area contributed by atoms with Gasteiger partial charge in [-0.1, -0.05) is 6.08 Å². The van der Waals surface area contributed by atoms with Crippen LogP contribution in [-0.2, 0) is 0 Å². The summed E-state index contributed by atoms with van der Waals surface area (Å²) in [5, 5.41) is 9.43. The average molecular weight is 263 g/mol. The SMILES string of the molecule is C=CCC(O)c1c(F)ccc(Br)c1F. The van der Waals surface area contributed by atoms with Crippen molar-refractivity contribution in [3.63, 3.8) is 0 Å². The van der Waals surface area contributed by atoms with E-state index >= 15 is 0 Å². The van der Waals surface area contributed by atoms with Crippen LogP contribution in [0.4, 0.5) is 8.78 Å². The second-order valence-corrected chi connectivity index (χ2v) is 3.65. The molecule has 0 aromatic heterocycles. The zero-order chi connectivity index (χ0) is 10.7. The summed E-state index contributed by atoms with van der Waals surface area (Å²) >= 11 is 2.92. The zero-order valence-corrected chi connectivity index (χ0v) is 8.89. The number of halogens is 3. The Labute approximate surface area is 89.2 Å². The van der Waals surface area contributed by atoms with Gasteiger partial charge in [-0.25, -0.2) is 8.78 Å². The fraction of sp³-hybridized carbons (Fsp3) is 0.200. The molecule has 0 bridgehead atoms. The summed E-state index contributed by atoms with van der Waals surface area (Å²) in [5.74, 6) is -1.51. The Bertz CT molecular complexity index is 352. The van der Waals surface area contributed by atoms with E-state index in [2.05, 4.69) is 22.5 Å². The summed E-state index contributed by atoms with van der Waals surface area (Å²) in [7, 11) is 0. The Balaban J connectivity index is 3.17. The molecule has 0 saturated carbocycles. The van der Waals surface area contributed by atoms with E-state index in [1.807, 2.05) is 0 Å². The molecule has 0 fully saturated rings. The minimum absolute atomic E-state index is 0.115. The van der Waals surface area contributed by atoms with Crippen molar-refractivity contribution in [1.29, 1.82) is 0 Å². The van der Waals surface area contributed by atoms with Gasteiger partial charge >= 0.3 is 0 Å². The summed E-state index contributed by atoms with van der Waals surface area (Å²) in [4.78, 5) is 0. The molecule has 1 N–H and O–H groups in total. The highest BCUT2D eigenvalue weighted by molar-refractivity contribution is 9.10. The second-order valence-electron chi connectivity index (χ2n) is 2.80. The Morgan fingerprint density at radius 2 is 2.14 bits per heavy atom. The molecule has 76 valence electrons. The van der Waals surface area contributed by atoms with Crippen LogP contribution in [0.1, 0.15) is 18.1 Å². The number of benzene rings is 1. The van der Waals surface area contributed by atoms with E-state index in [0.29, 0.717) is 0 Å². The normalized spacial score (nSPS) is 12.6. The third kappa shape index (κ3) is 2.19. The lowest BCUT2D eigenvalue weighted by atomic mass is 10.1. The Morgan fingerprint density at radius 1 is 1.50 bits per heavy atom. The Morgan fingerprint density at radius 3 is 2.71 bits per heavy atom. The molecule has 0 amide bonds. The van der Waals surface area contributed by atoms with Gasteiger partial charge in [0.2, 0.25) is 0 Å². The fourth-order valence-corrected chi connectivity index (χ4v) is 1.47. The first-order valence-corrected chi connectivity index (χ1v) is 4.79. The van der Waals surface area contributed by atoms with E-state index < -0.39 is 17.7 Å². The van der Waals surface area contributed by atoms with Gasteiger partial charge in [-0.05, 0) is 34.5 Å². The van der Waals surface area contributed by atoms with Crippen LogP contribution in [0.15, 0.2) is 29.3 Å². The van der Waals surface area contributed by atoms with E-state index in [1.54, 1.807) is 0 Å². The Hall–Kier alpha value is -0.740. The van der Waals surface area contributed by atoms with Crippen molar-refractivity contribution in [2.24, 2.45) is 0 Å². The summed E-state index contributed by atoms with van der Waals surface area (Å²) in [6.07, 6.45) is 0.333. The Kier molecular flexibility index (Phi) is 3.77. The highest BCUT2D eigenvalue weighted by Gasteiger charge is 2.18. The quantitative estimate of drug-likeness (QED) is 0.655. The van der Waals surface area contributed by atoms with Crippen LogP contribution in [0.3, 0.4) is 0 Å². The molecule has 0 saturated heterocycles. The molecule has 1 aromatic carbocycles. The lowest BCUT2D eigenvalue weighted by molar-refractivity contribution is 0.171. The molecule has 1 aromatic rings. The molecule has 1 nitrogen and oxygen atoms in total. The van der Waals surface area contributed by atoms with Crippen LogP contribution in [-0.4, -0.2) is 5.11 Å². The van der Waals surface area contributed by atoms with Crippen LogP contribution in [0.2, 0.25) is 0 Å². The molecule has 0 heterocycles. The third-order valence-electron chi connectivity index (χ3n) is 1.80. The van der Waals surface area contributed by atoms with Gasteiger partial charge in [-0.15, -0.1) is 6.58 Å². The average Bonchev–Trinajstić information content (AvgIpc) is 2.13. The first-order chi connectivity index (χ1) is 6.57. The molecule has 4 heteroatoms. The lowest BCUT2D eigenvalue weighted by Gasteiger charge is -2.11. The fourth-order valence-electron chi connectivity index (χ4n) is 1.12. The minimum Gasteiger partial charge on any atom is -0.388 e. The van der Waals surface area contributed by atoms with Crippen molar-refractivity contribution >= 4 is 15.9 Å². The molecule has 14 heavy (non-hydrogen) atoms. The molecule has 0 aliphatic carbocycles. The molecular weight excluding hydrogens is 254 g/mol. The van der Waals surface area contributed by atoms with Gasteiger partial charge in [0.25, 0.3) is 0 Å². The second kappa shape index (κ2) is 4.66. The van der Waals surface area contributed by atoms with Gasteiger partial charge in [-0.2, -0.15) is 0 Å². The number of aliphatic hydroxyl groups excluding tert-OH is 1. The predicted octanol–water partition coefficient (Wildman–Crippen LogP) is 3.34. The minimum atomic E-state index is -1.19. The molecule has 1 unspecified atom stereocenters. The van der Waals surface area contributed by atoms with Gasteiger partial charge in [0.1, 0.15) is 11.6 Å². The maximum Gasteiger partial charge on any atom is 0.146 e.